The summed E-state index contributed by atoms with van der Waals surface area (Å²) >= 11 is 1.85. The highest BCUT2D eigenvalue weighted by atomic mass is 32.1. The molecule has 0 saturated carbocycles. The maximum atomic E-state index is 4.57. The van der Waals surface area contributed by atoms with Gasteiger partial charge >= 0.3 is 0 Å². The molecule has 1 aliphatic rings. The molecule has 1 saturated heterocycles. The molecule has 1 aliphatic heterocycles. The SMILES string of the molecule is CCc1cnc(CN2CCNCC2c2ccccc2)s1. The van der Waals surface area contributed by atoms with E-state index in [-0.39, 0.29) is 0 Å². The van der Waals surface area contributed by atoms with Crippen LogP contribution in [0.15, 0.2) is 36.5 Å². The Morgan fingerprint density at radius 3 is 2.95 bits per heavy atom. The normalized spacial score (nSPS) is 20.1. The van der Waals surface area contributed by atoms with Gasteiger partial charge in [-0.2, -0.15) is 0 Å². The van der Waals surface area contributed by atoms with E-state index in [1.807, 2.05) is 17.5 Å². The van der Waals surface area contributed by atoms with Gasteiger partial charge in [0.2, 0.25) is 0 Å². The predicted molar refractivity (Wildman–Crippen MR) is 84.0 cm³/mol. The van der Waals surface area contributed by atoms with E-state index in [0.717, 1.165) is 32.6 Å². The number of benzene rings is 1. The number of aromatic nitrogens is 1. The van der Waals surface area contributed by atoms with Crippen molar-refractivity contribution in [2.75, 3.05) is 19.6 Å². The fourth-order valence-electron chi connectivity index (χ4n) is 2.70. The number of rotatable bonds is 4. The van der Waals surface area contributed by atoms with Crippen LogP contribution in [0.4, 0.5) is 0 Å². The number of thiazole rings is 1. The number of hydrogen-bond acceptors (Lipinski definition) is 4. The molecule has 0 amide bonds. The Balaban J connectivity index is 1.75. The van der Waals surface area contributed by atoms with Crippen molar-refractivity contribution in [1.29, 1.82) is 0 Å². The van der Waals surface area contributed by atoms with E-state index < -0.39 is 0 Å². The maximum absolute atomic E-state index is 4.57. The van der Waals surface area contributed by atoms with Crippen LogP contribution < -0.4 is 5.32 Å². The molecular weight excluding hydrogens is 266 g/mol. The number of nitrogens with one attached hydrogen (secondary N) is 1. The fourth-order valence-corrected chi connectivity index (χ4v) is 3.59. The molecule has 2 heterocycles. The third-order valence-corrected chi connectivity index (χ3v) is 4.95. The molecule has 0 spiro atoms. The molecule has 0 bridgehead atoms. The van der Waals surface area contributed by atoms with Gasteiger partial charge in [-0.05, 0) is 12.0 Å². The molecule has 4 heteroatoms. The smallest absolute Gasteiger partial charge is 0.107 e. The topological polar surface area (TPSA) is 28.2 Å². The predicted octanol–water partition coefficient (Wildman–Crippen LogP) is 2.85. The first-order valence-electron chi connectivity index (χ1n) is 7.30. The quantitative estimate of drug-likeness (QED) is 0.937. The Labute approximate surface area is 124 Å². The molecule has 3 rings (SSSR count). The molecule has 1 unspecified atom stereocenters. The third kappa shape index (κ3) is 3.08. The van der Waals surface area contributed by atoms with Crippen molar-refractivity contribution < 1.29 is 0 Å². The molecule has 2 aromatic rings. The van der Waals surface area contributed by atoms with Crippen LogP contribution in [0.2, 0.25) is 0 Å². The Bertz CT molecular complexity index is 538. The molecule has 1 aromatic carbocycles. The van der Waals surface area contributed by atoms with Gasteiger partial charge in [0.25, 0.3) is 0 Å². The molecule has 1 aromatic heterocycles. The average molecular weight is 287 g/mol. The van der Waals surface area contributed by atoms with Gasteiger partial charge in [-0.1, -0.05) is 37.3 Å². The summed E-state index contributed by atoms with van der Waals surface area (Å²) in [5.74, 6) is 0. The van der Waals surface area contributed by atoms with Crippen LogP contribution >= 0.6 is 11.3 Å². The van der Waals surface area contributed by atoms with Crippen molar-refractivity contribution in [3.8, 4) is 0 Å². The first-order valence-corrected chi connectivity index (χ1v) is 8.11. The van der Waals surface area contributed by atoms with E-state index in [1.54, 1.807) is 0 Å². The van der Waals surface area contributed by atoms with Crippen LogP contribution in [0.5, 0.6) is 0 Å². The van der Waals surface area contributed by atoms with Crippen LogP contribution in [0.1, 0.15) is 28.4 Å². The number of hydrogen-bond donors (Lipinski definition) is 1. The molecule has 20 heavy (non-hydrogen) atoms. The van der Waals surface area contributed by atoms with Gasteiger partial charge in [-0.25, -0.2) is 4.98 Å². The molecule has 1 atom stereocenters. The summed E-state index contributed by atoms with van der Waals surface area (Å²) in [4.78, 5) is 8.49. The summed E-state index contributed by atoms with van der Waals surface area (Å²) in [6.45, 7) is 6.33. The van der Waals surface area contributed by atoms with E-state index in [9.17, 15) is 0 Å². The number of piperazine rings is 1. The lowest BCUT2D eigenvalue weighted by atomic mass is 10.0. The molecular formula is C16H21N3S. The van der Waals surface area contributed by atoms with Gasteiger partial charge in [0.15, 0.2) is 0 Å². The molecule has 0 radical (unpaired) electrons. The van der Waals surface area contributed by atoms with Gasteiger partial charge in [0, 0.05) is 36.8 Å². The number of aryl methyl sites for hydroxylation is 1. The van der Waals surface area contributed by atoms with Crippen LogP contribution in [0, 0.1) is 0 Å². The van der Waals surface area contributed by atoms with Crippen LogP contribution in [-0.2, 0) is 13.0 Å². The van der Waals surface area contributed by atoms with Gasteiger partial charge in [-0.15, -0.1) is 11.3 Å². The lowest BCUT2D eigenvalue weighted by Crippen LogP contribution is -2.45. The third-order valence-electron chi connectivity index (χ3n) is 3.83. The van der Waals surface area contributed by atoms with E-state index in [1.165, 1.54) is 15.4 Å². The summed E-state index contributed by atoms with van der Waals surface area (Å²) in [7, 11) is 0. The standard InChI is InChI=1S/C16H21N3S/c1-2-14-10-18-16(20-14)12-19-9-8-17-11-15(19)13-6-4-3-5-7-13/h3-7,10,15,17H,2,8-9,11-12H2,1H3. The Kier molecular flexibility index (Phi) is 4.45. The van der Waals surface area contributed by atoms with Crippen molar-refractivity contribution in [3.63, 3.8) is 0 Å². The van der Waals surface area contributed by atoms with E-state index in [0.29, 0.717) is 6.04 Å². The summed E-state index contributed by atoms with van der Waals surface area (Å²) in [5.41, 5.74) is 1.40. The Morgan fingerprint density at radius 2 is 2.20 bits per heavy atom. The van der Waals surface area contributed by atoms with E-state index >= 15 is 0 Å². The highest BCUT2D eigenvalue weighted by molar-refractivity contribution is 7.11. The second-order valence-corrected chi connectivity index (χ2v) is 6.37. The maximum Gasteiger partial charge on any atom is 0.107 e. The van der Waals surface area contributed by atoms with Crippen molar-refractivity contribution >= 4 is 11.3 Å². The molecule has 3 nitrogen and oxygen atoms in total. The molecule has 106 valence electrons. The van der Waals surface area contributed by atoms with Crippen LogP contribution in [0.3, 0.4) is 0 Å². The van der Waals surface area contributed by atoms with Gasteiger partial charge in [0.05, 0.1) is 6.54 Å². The highest BCUT2D eigenvalue weighted by Gasteiger charge is 2.24. The monoisotopic (exact) mass is 287 g/mol. The Morgan fingerprint density at radius 1 is 1.35 bits per heavy atom. The summed E-state index contributed by atoms with van der Waals surface area (Å²) in [6, 6.07) is 11.2. The fraction of sp³-hybridized carbons (Fsp3) is 0.438. The van der Waals surface area contributed by atoms with Crippen molar-refractivity contribution in [2.45, 2.75) is 25.9 Å². The van der Waals surface area contributed by atoms with Gasteiger partial charge < -0.3 is 5.32 Å². The summed E-state index contributed by atoms with van der Waals surface area (Å²) in [6.07, 6.45) is 3.11. The zero-order valence-electron chi connectivity index (χ0n) is 11.9. The molecule has 0 aliphatic carbocycles. The molecule has 1 fully saturated rings. The highest BCUT2D eigenvalue weighted by Crippen LogP contribution is 2.25. The first-order chi connectivity index (χ1) is 9.86. The average Bonchev–Trinajstić information content (AvgIpc) is 2.96. The largest absolute Gasteiger partial charge is 0.314 e. The zero-order valence-corrected chi connectivity index (χ0v) is 12.7. The first kappa shape index (κ1) is 13.7. The van der Waals surface area contributed by atoms with E-state index in [4.69, 9.17) is 0 Å². The lowest BCUT2D eigenvalue weighted by molar-refractivity contribution is 0.153. The van der Waals surface area contributed by atoms with Crippen molar-refractivity contribution in [1.82, 2.24) is 15.2 Å². The summed E-state index contributed by atoms with van der Waals surface area (Å²) in [5, 5.41) is 4.75. The lowest BCUT2D eigenvalue weighted by Gasteiger charge is -2.36. The minimum atomic E-state index is 0.457. The Hall–Kier alpha value is -1.23. The second kappa shape index (κ2) is 6.48. The molecule has 1 N–H and O–H groups in total. The van der Waals surface area contributed by atoms with Gasteiger partial charge in [0.1, 0.15) is 5.01 Å². The second-order valence-electron chi connectivity index (χ2n) is 5.17. The van der Waals surface area contributed by atoms with Crippen LogP contribution in [-0.4, -0.2) is 29.5 Å². The van der Waals surface area contributed by atoms with Crippen LogP contribution in [0.25, 0.3) is 0 Å². The van der Waals surface area contributed by atoms with Crippen molar-refractivity contribution in [2.24, 2.45) is 0 Å². The van der Waals surface area contributed by atoms with Gasteiger partial charge in [-0.3, -0.25) is 4.90 Å². The minimum absolute atomic E-state index is 0.457. The number of nitrogens with zero attached hydrogens (tertiary/aromatic N) is 2. The summed E-state index contributed by atoms with van der Waals surface area (Å²) < 4.78 is 0. The van der Waals surface area contributed by atoms with Crippen molar-refractivity contribution in [3.05, 3.63) is 52.0 Å². The zero-order chi connectivity index (χ0) is 13.8. The van der Waals surface area contributed by atoms with E-state index in [2.05, 4.69) is 52.5 Å². The minimum Gasteiger partial charge on any atom is -0.314 e.